The predicted octanol–water partition coefficient (Wildman–Crippen LogP) is 1.45. The average molecular weight is 297 g/mol. The van der Waals surface area contributed by atoms with Gasteiger partial charge in [-0.05, 0) is 12.2 Å². The molecule has 0 amide bonds. The fourth-order valence-electron chi connectivity index (χ4n) is 1.90. The second kappa shape index (κ2) is 5.93. The number of hydrogen-bond donors (Lipinski definition) is 2. The third-order valence-corrected chi connectivity index (χ3v) is 3.06. The largest absolute Gasteiger partial charge is 0.493 e. The van der Waals surface area contributed by atoms with Crippen molar-refractivity contribution in [2.24, 2.45) is 0 Å². The van der Waals surface area contributed by atoms with Crippen LogP contribution in [0.25, 0.3) is 5.69 Å². The van der Waals surface area contributed by atoms with Crippen LogP contribution in [0, 0.1) is 4.77 Å². The predicted molar refractivity (Wildman–Crippen MR) is 74.3 cm³/mol. The Bertz CT molecular complexity index is 640. The molecule has 0 aliphatic carbocycles. The molecule has 0 aliphatic heterocycles. The fraction of sp³-hybridized carbons (Fsp3) is 0.333. The van der Waals surface area contributed by atoms with Crippen molar-refractivity contribution in [1.29, 1.82) is 0 Å². The Morgan fingerprint density at radius 1 is 1.20 bits per heavy atom. The van der Waals surface area contributed by atoms with E-state index in [2.05, 4.69) is 10.2 Å². The van der Waals surface area contributed by atoms with Gasteiger partial charge in [0, 0.05) is 12.1 Å². The van der Waals surface area contributed by atoms with E-state index in [-0.39, 0.29) is 6.61 Å². The lowest BCUT2D eigenvalue weighted by Crippen LogP contribution is -2.03. The first-order valence-electron chi connectivity index (χ1n) is 5.73. The summed E-state index contributed by atoms with van der Waals surface area (Å²) in [4.78, 5) is 0. The SMILES string of the molecule is COc1cc(-n2c(CO)n[nH]c2=S)cc(OC)c1OC. The summed E-state index contributed by atoms with van der Waals surface area (Å²) in [6, 6.07) is 3.46. The number of aliphatic hydroxyl groups is 1. The Balaban J connectivity index is 2.69. The number of rotatable bonds is 5. The van der Waals surface area contributed by atoms with Crippen LogP contribution in [0.3, 0.4) is 0 Å². The Labute approximate surface area is 120 Å². The van der Waals surface area contributed by atoms with E-state index >= 15 is 0 Å². The molecule has 1 aromatic carbocycles. The van der Waals surface area contributed by atoms with Gasteiger partial charge in [-0.1, -0.05) is 0 Å². The third kappa shape index (κ3) is 2.35. The van der Waals surface area contributed by atoms with E-state index in [0.717, 1.165) is 0 Å². The van der Waals surface area contributed by atoms with Crippen molar-refractivity contribution < 1.29 is 19.3 Å². The highest BCUT2D eigenvalue weighted by Crippen LogP contribution is 2.39. The maximum absolute atomic E-state index is 9.31. The molecule has 1 aromatic heterocycles. The molecule has 0 atom stereocenters. The molecule has 2 rings (SSSR count). The second-order valence-corrected chi connectivity index (χ2v) is 4.21. The van der Waals surface area contributed by atoms with Gasteiger partial charge in [-0.2, -0.15) is 5.10 Å². The van der Waals surface area contributed by atoms with Gasteiger partial charge in [0.1, 0.15) is 6.61 Å². The summed E-state index contributed by atoms with van der Waals surface area (Å²) < 4.78 is 17.8. The van der Waals surface area contributed by atoms with E-state index in [1.807, 2.05) is 0 Å². The van der Waals surface area contributed by atoms with Gasteiger partial charge in [0.2, 0.25) is 5.75 Å². The highest BCUT2D eigenvalue weighted by Gasteiger charge is 2.16. The summed E-state index contributed by atoms with van der Waals surface area (Å²) in [5.74, 6) is 1.87. The average Bonchev–Trinajstić information content (AvgIpc) is 2.86. The molecule has 0 saturated carbocycles. The van der Waals surface area contributed by atoms with E-state index in [4.69, 9.17) is 26.4 Å². The molecule has 20 heavy (non-hydrogen) atoms. The molecule has 0 spiro atoms. The van der Waals surface area contributed by atoms with Crippen molar-refractivity contribution >= 4 is 12.2 Å². The molecular weight excluding hydrogens is 282 g/mol. The van der Waals surface area contributed by atoms with Crippen LogP contribution in [0.5, 0.6) is 17.2 Å². The van der Waals surface area contributed by atoms with E-state index < -0.39 is 0 Å². The van der Waals surface area contributed by atoms with Crippen molar-refractivity contribution in [1.82, 2.24) is 14.8 Å². The molecule has 0 fully saturated rings. The number of aromatic nitrogens is 3. The summed E-state index contributed by atoms with van der Waals surface area (Å²) in [6.07, 6.45) is 0. The first kappa shape index (κ1) is 14.4. The second-order valence-electron chi connectivity index (χ2n) is 3.82. The molecule has 0 radical (unpaired) electrons. The fourth-order valence-corrected chi connectivity index (χ4v) is 2.15. The van der Waals surface area contributed by atoms with Gasteiger partial charge >= 0.3 is 0 Å². The first-order valence-corrected chi connectivity index (χ1v) is 6.14. The van der Waals surface area contributed by atoms with Gasteiger partial charge in [0.25, 0.3) is 0 Å². The van der Waals surface area contributed by atoms with Crippen LogP contribution in [0.2, 0.25) is 0 Å². The van der Waals surface area contributed by atoms with Crippen LogP contribution in [-0.4, -0.2) is 41.2 Å². The molecule has 0 unspecified atom stereocenters. The summed E-state index contributed by atoms with van der Waals surface area (Å²) in [5.41, 5.74) is 0.655. The normalized spacial score (nSPS) is 10.4. The molecule has 1 heterocycles. The van der Waals surface area contributed by atoms with Gasteiger partial charge in [-0.25, -0.2) is 0 Å². The van der Waals surface area contributed by atoms with Crippen LogP contribution in [0.4, 0.5) is 0 Å². The smallest absolute Gasteiger partial charge is 0.203 e. The van der Waals surface area contributed by atoms with E-state index in [1.165, 1.54) is 21.3 Å². The molecule has 2 N–H and O–H groups in total. The number of nitrogens with one attached hydrogen (secondary N) is 1. The summed E-state index contributed by atoms with van der Waals surface area (Å²) >= 11 is 5.16. The monoisotopic (exact) mass is 297 g/mol. The molecule has 2 aromatic rings. The molecule has 108 valence electrons. The van der Waals surface area contributed by atoms with E-state index in [9.17, 15) is 5.11 Å². The Hall–Kier alpha value is -2.06. The van der Waals surface area contributed by atoms with Crippen LogP contribution in [-0.2, 0) is 6.61 Å². The number of hydrogen-bond acceptors (Lipinski definition) is 6. The minimum Gasteiger partial charge on any atom is -0.493 e. The molecule has 7 nitrogen and oxygen atoms in total. The van der Waals surface area contributed by atoms with Crippen molar-refractivity contribution in [2.45, 2.75) is 6.61 Å². The quantitative estimate of drug-likeness (QED) is 0.813. The van der Waals surface area contributed by atoms with Crippen molar-refractivity contribution in [3.8, 4) is 22.9 Å². The van der Waals surface area contributed by atoms with Gasteiger partial charge in [0.15, 0.2) is 22.1 Å². The van der Waals surface area contributed by atoms with Crippen molar-refractivity contribution in [2.75, 3.05) is 21.3 Å². The minimum absolute atomic E-state index is 0.246. The molecule has 8 heteroatoms. The Morgan fingerprint density at radius 2 is 1.80 bits per heavy atom. The van der Waals surface area contributed by atoms with Crippen molar-refractivity contribution in [3.05, 3.63) is 22.7 Å². The zero-order valence-electron chi connectivity index (χ0n) is 11.3. The Morgan fingerprint density at radius 3 is 2.25 bits per heavy atom. The number of aliphatic hydroxyl groups excluding tert-OH is 1. The lowest BCUT2D eigenvalue weighted by atomic mass is 10.2. The molecule has 0 aliphatic rings. The summed E-state index contributed by atoms with van der Waals surface area (Å²) in [5, 5.41) is 15.9. The zero-order chi connectivity index (χ0) is 14.7. The van der Waals surface area contributed by atoms with Gasteiger partial charge in [0.05, 0.1) is 27.0 Å². The van der Waals surface area contributed by atoms with Crippen molar-refractivity contribution in [3.63, 3.8) is 0 Å². The van der Waals surface area contributed by atoms with E-state index in [0.29, 0.717) is 33.5 Å². The zero-order valence-corrected chi connectivity index (χ0v) is 12.2. The van der Waals surface area contributed by atoms with Crippen LogP contribution in [0.15, 0.2) is 12.1 Å². The highest BCUT2D eigenvalue weighted by atomic mass is 32.1. The number of H-pyrrole nitrogens is 1. The van der Waals surface area contributed by atoms with Gasteiger partial charge < -0.3 is 19.3 Å². The maximum atomic E-state index is 9.31. The summed E-state index contributed by atoms with van der Waals surface area (Å²) in [6.45, 7) is -0.246. The van der Waals surface area contributed by atoms with Crippen LogP contribution >= 0.6 is 12.2 Å². The van der Waals surface area contributed by atoms with Gasteiger partial charge in [-0.15, -0.1) is 0 Å². The summed E-state index contributed by atoms with van der Waals surface area (Å²) in [7, 11) is 4.59. The maximum Gasteiger partial charge on any atom is 0.203 e. The van der Waals surface area contributed by atoms with E-state index in [1.54, 1.807) is 16.7 Å². The lowest BCUT2D eigenvalue weighted by Gasteiger charge is -2.15. The minimum atomic E-state index is -0.246. The topological polar surface area (TPSA) is 81.5 Å². The number of nitrogens with zero attached hydrogens (tertiary/aromatic N) is 2. The molecule has 0 bridgehead atoms. The number of aromatic amines is 1. The number of benzene rings is 1. The third-order valence-electron chi connectivity index (χ3n) is 2.79. The number of ether oxygens (including phenoxy) is 3. The standard InChI is InChI=1S/C12H15N3O4S/c1-17-8-4-7(5-9(18-2)11(8)19-3)15-10(6-16)13-14-12(15)20/h4-5,16H,6H2,1-3H3,(H,14,20). The Kier molecular flexibility index (Phi) is 4.26. The van der Waals surface area contributed by atoms with Gasteiger partial charge in [-0.3, -0.25) is 9.67 Å². The number of methoxy groups -OCH3 is 3. The van der Waals surface area contributed by atoms with Crippen LogP contribution in [0.1, 0.15) is 5.82 Å². The highest BCUT2D eigenvalue weighted by molar-refractivity contribution is 7.71. The van der Waals surface area contributed by atoms with Crippen LogP contribution < -0.4 is 14.2 Å². The molecule has 0 saturated heterocycles. The lowest BCUT2D eigenvalue weighted by molar-refractivity contribution is 0.268. The molecular formula is C12H15N3O4S. The first-order chi connectivity index (χ1) is 9.65.